The van der Waals surface area contributed by atoms with Crippen LogP contribution in [0.3, 0.4) is 0 Å². The van der Waals surface area contributed by atoms with E-state index < -0.39 is 0 Å². The number of hydrogen-bond donors (Lipinski definition) is 2. The highest BCUT2D eigenvalue weighted by Gasteiger charge is 2.33. The smallest absolute Gasteiger partial charge is 0.191 e. The van der Waals surface area contributed by atoms with Gasteiger partial charge in [-0.25, -0.2) is 4.99 Å². The zero-order valence-corrected chi connectivity index (χ0v) is 20.8. The summed E-state index contributed by atoms with van der Waals surface area (Å²) < 4.78 is 12.8. The van der Waals surface area contributed by atoms with Gasteiger partial charge < -0.3 is 24.7 Å². The lowest BCUT2D eigenvalue weighted by Gasteiger charge is -2.30. The Morgan fingerprint density at radius 3 is 2.59 bits per heavy atom. The van der Waals surface area contributed by atoms with E-state index >= 15 is 0 Å². The number of guanidine groups is 1. The molecule has 2 N–H and O–H groups in total. The van der Waals surface area contributed by atoms with Gasteiger partial charge in [0.2, 0.25) is 0 Å². The highest BCUT2D eigenvalue weighted by atomic mass is 127. The molecule has 168 valence electrons. The molecule has 0 aliphatic heterocycles. The minimum Gasteiger partial charge on any atom is -0.385 e. The van der Waals surface area contributed by atoms with Crippen LogP contribution >= 0.6 is 24.0 Å². The lowest BCUT2D eigenvalue weighted by Crippen LogP contribution is -2.44. The van der Waals surface area contributed by atoms with Gasteiger partial charge in [-0.1, -0.05) is 12.8 Å². The van der Waals surface area contributed by atoms with Crippen LogP contribution in [0.2, 0.25) is 0 Å². The van der Waals surface area contributed by atoms with Crippen molar-refractivity contribution in [1.82, 2.24) is 25.4 Å². The van der Waals surface area contributed by atoms with Crippen molar-refractivity contribution in [2.75, 3.05) is 40.0 Å². The van der Waals surface area contributed by atoms with Crippen molar-refractivity contribution in [2.24, 2.45) is 17.5 Å². The molecule has 1 aliphatic rings. The van der Waals surface area contributed by atoms with Crippen molar-refractivity contribution in [3.05, 3.63) is 11.6 Å². The largest absolute Gasteiger partial charge is 0.385 e. The Balaban J connectivity index is 0.00000420. The molecule has 0 bridgehead atoms. The van der Waals surface area contributed by atoms with Gasteiger partial charge in [0.1, 0.15) is 12.4 Å². The minimum atomic E-state index is 0. The standard InChI is InChI=1S/C20H38N6O2.HI/c1-5-28-14-11-20(9-6-7-10-20)16-23-19(21-12-8-13-27-4)22-15-18-25-24-17(2)26(18)3;/h5-16H2,1-4H3,(H2,21,22,23);1H. The van der Waals surface area contributed by atoms with E-state index in [1.54, 1.807) is 7.11 Å². The molecule has 2 rings (SSSR count). The third-order valence-electron chi connectivity index (χ3n) is 5.65. The summed E-state index contributed by atoms with van der Waals surface area (Å²) in [7, 11) is 3.70. The highest BCUT2D eigenvalue weighted by molar-refractivity contribution is 14.0. The van der Waals surface area contributed by atoms with E-state index in [-0.39, 0.29) is 24.0 Å². The highest BCUT2D eigenvalue weighted by Crippen LogP contribution is 2.40. The van der Waals surface area contributed by atoms with Crippen LogP contribution in [0, 0.1) is 12.3 Å². The SMILES string of the molecule is CCOCCC1(CNC(=NCc2nnc(C)n2C)NCCCOC)CCCC1.I. The van der Waals surface area contributed by atoms with Crippen molar-refractivity contribution in [2.45, 2.75) is 58.9 Å². The number of nitrogens with one attached hydrogen (secondary N) is 2. The van der Waals surface area contributed by atoms with Gasteiger partial charge in [-0.05, 0) is 44.9 Å². The number of ether oxygens (including phenoxy) is 2. The summed E-state index contributed by atoms with van der Waals surface area (Å²) in [6.07, 6.45) is 7.17. The Kier molecular flexibility index (Phi) is 12.7. The van der Waals surface area contributed by atoms with Crippen molar-refractivity contribution in [3.63, 3.8) is 0 Å². The number of aryl methyl sites for hydroxylation is 1. The predicted octanol–water partition coefficient (Wildman–Crippen LogP) is 2.80. The number of nitrogens with zero attached hydrogens (tertiary/aromatic N) is 4. The Morgan fingerprint density at radius 2 is 1.97 bits per heavy atom. The molecule has 0 radical (unpaired) electrons. The summed E-state index contributed by atoms with van der Waals surface area (Å²) in [5, 5.41) is 15.3. The van der Waals surface area contributed by atoms with Crippen molar-refractivity contribution in [1.29, 1.82) is 0 Å². The van der Waals surface area contributed by atoms with Crippen molar-refractivity contribution >= 4 is 29.9 Å². The van der Waals surface area contributed by atoms with Gasteiger partial charge in [0.15, 0.2) is 11.8 Å². The van der Waals surface area contributed by atoms with Crippen molar-refractivity contribution < 1.29 is 9.47 Å². The minimum absolute atomic E-state index is 0. The molecular weight excluding hydrogens is 483 g/mol. The summed E-state index contributed by atoms with van der Waals surface area (Å²) in [5.41, 5.74) is 0.311. The molecule has 1 aromatic heterocycles. The predicted molar refractivity (Wildman–Crippen MR) is 127 cm³/mol. The fraction of sp³-hybridized carbons (Fsp3) is 0.850. The van der Waals surface area contributed by atoms with Gasteiger partial charge in [0.25, 0.3) is 0 Å². The van der Waals surface area contributed by atoms with E-state index in [2.05, 4.69) is 27.8 Å². The van der Waals surface area contributed by atoms with E-state index in [1.165, 1.54) is 25.7 Å². The average Bonchev–Trinajstić information content (AvgIpc) is 3.29. The Morgan fingerprint density at radius 1 is 1.21 bits per heavy atom. The fourth-order valence-electron chi connectivity index (χ4n) is 3.68. The molecule has 29 heavy (non-hydrogen) atoms. The quantitative estimate of drug-likeness (QED) is 0.190. The van der Waals surface area contributed by atoms with Crippen LogP contribution in [-0.2, 0) is 23.1 Å². The Bertz CT molecular complexity index is 602. The monoisotopic (exact) mass is 522 g/mol. The maximum Gasteiger partial charge on any atom is 0.191 e. The number of rotatable bonds is 12. The van der Waals surface area contributed by atoms with Crippen LogP contribution in [0.25, 0.3) is 0 Å². The second-order valence-corrected chi connectivity index (χ2v) is 7.67. The molecule has 9 heteroatoms. The molecule has 0 spiro atoms. The molecule has 1 saturated carbocycles. The number of halogens is 1. The van der Waals surface area contributed by atoms with Crippen LogP contribution in [0.4, 0.5) is 0 Å². The van der Waals surface area contributed by atoms with Gasteiger partial charge in [0.05, 0.1) is 0 Å². The zero-order valence-electron chi connectivity index (χ0n) is 18.5. The maximum absolute atomic E-state index is 5.63. The first kappa shape index (κ1) is 26.1. The molecule has 0 unspecified atom stereocenters. The average molecular weight is 522 g/mol. The summed E-state index contributed by atoms with van der Waals surface area (Å²) in [4.78, 5) is 4.75. The van der Waals surface area contributed by atoms with Crippen LogP contribution < -0.4 is 10.6 Å². The number of hydrogen-bond acceptors (Lipinski definition) is 5. The topological polar surface area (TPSA) is 85.6 Å². The summed E-state index contributed by atoms with van der Waals surface area (Å²) in [6, 6.07) is 0. The molecule has 1 aliphatic carbocycles. The first-order valence-corrected chi connectivity index (χ1v) is 10.5. The third-order valence-corrected chi connectivity index (χ3v) is 5.65. The number of methoxy groups -OCH3 is 1. The molecule has 1 fully saturated rings. The summed E-state index contributed by atoms with van der Waals surface area (Å²) in [6.45, 7) is 8.62. The molecule has 1 heterocycles. The zero-order chi connectivity index (χ0) is 20.2. The fourth-order valence-corrected chi connectivity index (χ4v) is 3.68. The van der Waals surface area contributed by atoms with E-state index in [0.717, 1.165) is 63.4 Å². The van der Waals surface area contributed by atoms with Gasteiger partial charge in [0, 0.05) is 47.1 Å². The summed E-state index contributed by atoms with van der Waals surface area (Å²) >= 11 is 0. The van der Waals surface area contributed by atoms with Gasteiger partial charge in [-0.2, -0.15) is 0 Å². The van der Waals surface area contributed by atoms with Crippen LogP contribution in [0.5, 0.6) is 0 Å². The molecule has 0 aromatic carbocycles. The molecule has 0 atom stereocenters. The first-order valence-electron chi connectivity index (χ1n) is 10.5. The van der Waals surface area contributed by atoms with Crippen LogP contribution in [0.15, 0.2) is 4.99 Å². The number of aliphatic imine (C=N–C) groups is 1. The second-order valence-electron chi connectivity index (χ2n) is 7.67. The summed E-state index contributed by atoms with van der Waals surface area (Å²) in [5.74, 6) is 2.59. The normalized spacial score (nSPS) is 15.9. The first-order chi connectivity index (χ1) is 13.6. The number of aromatic nitrogens is 3. The van der Waals surface area contributed by atoms with Gasteiger partial charge in [-0.15, -0.1) is 34.2 Å². The molecular formula is C20H39IN6O2. The van der Waals surface area contributed by atoms with Gasteiger partial charge in [-0.3, -0.25) is 0 Å². The van der Waals surface area contributed by atoms with Crippen LogP contribution in [-0.4, -0.2) is 60.7 Å². The van der Waals surface area contributed by atoms with E-state index in [9.17, 15) is 0 Å². The van der Waals surface area contributed by atoms with Crippen LogP contribution in [0.1, 0.15) is 57.1 Å². The molecule has 0 amide bonds. The third kappa shape index (κ3) is 8.75. The van der Waals surface area contributed by atoms with Crippen molar-refractivity contribution in [3.8, 4) is 0 Å². The Labute approximate surface area is 192 Å². The maximum atomic E-state index is 5.63. The Hall–Kier alpha value is -0.940. The molecule has 0 saturated heterocycles. The second kappa shape index (κ2) is 14.1. The molecule has 1 aromatic rings. The molecule has 8 nitrogen and oxygen atoms in total. The van der Waals surface area contributed by atoms with E-state index in [1.807, 2.05) is 18.5 Å². The van der Waals surface area contributed by atoms with E-state index in [4.69, 9.17) is 14.5 Å². The van der Waals surface area contributed by atoms with Gasteiger partial charge >= 0.3 is 0 Å². The lowest BCUT2D eigenvalue weighted by atomic mass is 9.83. The lowest BCUT2D eigenvalue weighted by molar-refractivity contribution is 0.105. The van der Waals surface area contributed by atoms with E-state index in [0.29, 0.717) is 12.0 Å².